The van der Waals surface area contributed by atoms with Crippen LogP contribution >= 0.6 is 0 Å². The lowest BCUT2D eigenvalue weighted by atomic mass is 9.87. The fourth-order valence-electron chi connectivity index (χ4n) is 1.94. The number of rotatable bonds is 6. The van der Waals surface area contributed by atoms with Crippen molar-refractivity contribution in [3.63, 3.8) is 0 Å². The predicted octanol–water partition coefficient (Wildman–Crippen LogP) is 1.29. The minimum absolute atomic E-state index is 0.0568. The highest BCUT2D eigenvalue weighted by Gasteiger charge is 2.32. The molecule has 0 spiro atoms. The van der Waals surface area contributed by atoms with Crippen molar-refractivity contribution >= 4 is 10.0 Å². The summed E-state index contributed by atoms with van der Waals surface area (Å²) in [7, 11) is -1.20. The number of nitrogens with one attached hydrogen (secondary N) is 1. The van der Waals surface area contributed by atoms with E-state index in [4.69, 9.17) is 0 Å². The monoisotopic (exact) mass is 262 g/mol. The first-order valence-corrected chi connectivity index (χ1v) is 8.12. The standard InChI is InChI=1S/C12H26N2O2S/c1-12(2,3)11(13-4)9-14(17(5,15)16)8-10-6-7-10/h10-11,13H,6-9H2,1-5H3/t11-/m1/s1. The quantitative estimate of drug-likeness (QED) is 0.785. The van der Waals surface area contributed by atoms with Crippen LogP contribution < -0.4 is 5.32 Å². The van der Waals surface area contributed by atoms with Crippen LogP contribution in [0.15, 0.2) is 0 Å². The molecule has 1 atom stereocenters. The molecule has 0 heterocycles. The normalized spacial score (nSPS) is 19.6. The summed E-state index contributed by atoms with van der Waals surface area (Å²) in [6, 6.07) is 0.177. The van der Waals surface area contributed by atoms with Crippen molar-refractivity contribution in [3.8, 4) is 0 Å². The van der Waals surface area contributed by atoms with E-state index < -0.39 is 10.0 Å². The molecule has 0 amide bonds. The van der Waals surface area contributed by atoms with Gasteiger partial charge >= 0.3 is 0 Å². The van der Waals surface area contributed by atoms with Crippen molar-refractivity contribution in [2.24, 2.45) is 11.3 Å². The summed E-state index contributed by atoms with van der Waals surface area (Å²) in [5, 5.41) is 3.23. The Kier molecular flexibility index (Phi) is 4.60. The molecule has 0 bridgehead atoms. The minimum atomic E-state index is -3.09. The SMILES string of the molecule is CN[C@H](CN(CC1CC1)S(C)(=O)=O)C(C)(C)C. The number of nitrogens with zero attached hydrogens (tertiary/aromatic N) is 1. The number of hydrogen-bond acceptors (Lipinski definition) is 3. The zero-order valence-electron chi connectivity index (χ0n) is 11.7. The van der Waals surface area contributed by atoms with Gasteiger partial charge in [-0.05, 0) is 31.2 Å². The topological polar surface area (TPSA) is 49.4 Å². The van der Waals surface area contributed by atoms with Crippen LogP contribution in [0.2, 0.25) is 0 Å². The van der Waals surface area contributed by atoms with Gasteiger partial charge in [-0.25, -0.2) is 12.7 Å². The zero-order valence-corrected chi connectivity index (χ0v) is 12.5. The third kappa shape index (κ3) is 4.94. The van der Waals surface area contributed by atoms with E-state index in [-0.39, 0.29) is 11.5 Å². The fraction of sp³-hybridized carbons (Fsp3) is 1.00. The first-order valence-electron chi connectivity index (χ1n) is 6.27. The van der Waals surface area contributed by atoms with Gasteiger partial charge in [0.15, 0.2) is 0 Å². The second-order valence-corrected chi connectivity index (χ2v) is 8.21. The zero-order chi connectivity index (χ0) is 13.3. The molecule has 1 rings (SSSR count). The summed E-state index contributed by atoms with van der Waals surface area (Å²) >= 11 is 0. The molecular formula is C12H26N2O2S. The first kappa shape index (κ1) is 14.9. The van der Waals surface area contributed by atoms with Crippen molar-refractivity contribution < 1.29 is 8.42 Å². The van der Waals surface area contributed by atoms with Crippen molar-refractivity contribution in [1.82, 2.24) is 9.62 Å². The van der Waals surface area contributed by atoms with Crippen molar-refractivity contribution in [2.75, 3.05) is 26.4 Å². The molecule has 102 valence electrons. The summed E-state index contributed by atoms with van der Waals surface area (Å²) in [5.41, 5.74) is 0.0568. The molecule has 0 aromatic rings. The van der Waals surface area contributed by atoms with E-state index in [0.29, 0.717) is 19.0 Å². The summed E-state index contributed by atoms with van der Waals surface area (Å²) < 4.78 is 25.2. The molecule has 1 saturated carbocycles. The van der Waals surface area contributed by atoms with Crippen molar-refractivity contribution in [1.29, 1.82) is 0 Å². The van der Waals surface area contributed by atoms with Gasteiger partial charge in [0.1, 0.15) is 0 Å². The van der Waals surface area contributed by atoms with Gasteiger partial charge in [-0.2, -0.15) is 0 Å². The average molecular weight is 262 g/mol. The van der Waals surface area contributed by atoms with Crippen LogP contribution in [0.1, 0.15) is 33.6 Å². The minimum Gasteiger partial charge on any atom is -0.315 e. The van der Waals surface area contributed by atoms with Crippen LogP contribution in [-0.2, 0) is 10.0 Å². The molecule has 0 saturated heterocycles. The maximum Gasteiger partial charge on any atom is 0.211 e. The van der Waals surface area contributed by atoms with E-state index in [0.717, 1.165) is 0 Å². The van der Waals surface area contributed by atoms with E-state index in [2.05, 4.69) is 26.1 Å². The Bertz CT molecular complexity index is 342. The summed E-state index contributed by atoms with van der Waals surface area (Å²) in [5.74, 6) is 0.585. The van der Waals surface area contributed by atoms with Crippen molar-refractivity contribution in [3.05, 3.63) is 0 Å². The van der Waals surface area contributed by atoms with Gasteiger partial charge in [0.2, 0.25) is 10.0 Å². The van der Waals surface area contributed by atoms with Crippen LogP contribution in [0.5, 0.6) is 0 Å². The molecule has 1 N–H and O–H groups in total. The Balaban J connectivity index is 2.70. The second kappa shape index (κ2) is 5.24. The van der Waals surface area contributed by atoms with Gasteiger partial charge < -0.3 is 5.32 Å². The molecule has 0 aromatic carbocycles. The Morgan fingerprint density at radius 2 is 1.88 bits per heavy atom. The highest BCUT2D eigenvalue weighted by atomic mass is 32.2. The van der Waals surface area contributed by atoms with Gasteiger partial charge in [-0.15, -0.1) is 0 Å². The molecule has 5 heteroatoms. The van der Waals surface area contributed by atoms with E-state index in [1.165, 1.54) is 19.1 Å². The molecule has 1 fully saturated rings. The van der Waals surface area contributed by atoms with E-state index in [9.17, 15) is 8.42 Å². The summed E-state index contributed by atoms with van der Waals surface area (Å²) in [6.07, 6.45) is 3.66. The molecule has 1 aliphatic rings. The van der Waals surface area contributed by atoms with Gasteiger partial charge in [-0.3, -0.25) is 0 Å². The van der Waals surface area contributed by atoms with Gasteiger partial charge in [-0.1, -0.05) is 20.8 Å². The molecule has 17 heavy (non-hydrogen) atoms. The molecule has 1 aliphatic carbocycles. The van der Waals surface area contributed by atoms with Crippen LogP contribution in [0, 0.1) is 11.3 Å². The lowest BCUT2D eigenvalue weighted by molar-refractivity contribution is 0.231. The Morgan fingerprint density at radius 1 is 1.35 bits per heavy atom. The molecular weight excluding hydrogens is 236 g/mol. The highest BCUT2D eigenvalue weighted by Crippen LogP contribution is 2.31. The number of likely N-dealkylation sites (N-methyl/N-ethyl adjacent to an activating group) is 1. The molecule has 0 radical (unpaired) electrons. The number of sulfonamides is 1. The lowest BCUT2D eigenvalue weighted by Crippen LogP contribution is -2.49. The summed E-state index contributed by atoms with van der Waals surface area (Å²) in [4.78, 5) is 0. The number of hydrogen-bond donors (Lipinski definition) is 1. The van der Waals surface area contributed by atoms with E-state index in [1.54, 1.807) is 4.31 Å². The largest absolute Gasteiger partial charge is 0.315 e. The smallest absolute Gasteiger partial charge is 0.211 e. The molecule has 0 aliphatic heterocycles. The Hall–Kier alpha value is -0.130. The van der Waals surface area contributed by atoms with Gasteiger partial charge in [0.05, 0.1) is 6.26 Å². The average Bonchev–Trinajstić information content (AvgIpc) is 2.91. The second-order valence-electron chi connectivity index (χ2n) is 6.23. The fourth-order valence-corrected chi connectivity index (χ4v) is 2.84. The Labute approximate surface area is 106 Å². The third-order valence-corrected chi connectivity index (χ3v) is 4.64. The van der Waals surface area contributed by atoms with Crippen LogP contribution in [0.25, 0.3) is 0 Å². The maximum atomic E-state index is 11.8. The summed E-state index contributed by atoms with van der Waals surface area (Å²) in [6.45, 7) is 7.64. The Morgan fingerprint density at radius 3 is 2.18 bits per heavy atom. The lowest BCUT2D eigenvalue weighted by Gasteiger charge is -2.34. The third-order valence-electron chi connectivity index (χ3n) is 3.41. The maximum absolute atomic E-state index is 11.8. The van der Waals surface area contributed by atoms with Crippen LogP contribution in [0.3, 0.4) is 0 Å². The van der Waals surface area contributed by atoms with E-state index in [1.807, 2.05) is 7.05 Å². The van der Waals surface area contributed by atoms with Crippen molar-refractivity contribution in [2.45, 2.75) is 39.7 Å². The van der Waals surface area contributed by atoms with Crippen LogP contribution in [-0.4, -0.2) is 45.2 Å². The van der Waals surface area contributed by atoms with Gasteiger partial charge in [0, 0.05) is 19.1 Å². The van der Waals surface area contributed by atoms with Gasteiger partial charge in [0.25, 0.3) is 0 Å². The molecule has 0 unspecified atom stereocenters. The first-order chi connectivity index (χ1) is 7.64. The molecule has 4 nitrogen and oxygen atoms in total. The predicted molar refractivity (Wildman–Crippen MR) is 71.4 cm³/mol. The molecule has 0 aromatic heterocycles. The highest BCUT2D eigenvalue weighted by molar-refractivity contribution is 7.88. The van der Waals surface area contributed by atoms with E-state index >= 15 is 0 Å². The van der Waals surface area contributed by atoms with Crippen LogP contribution in [0.4, 0.5) is 0 Å².